The Morgan fingerprint density at radius 2 is 1.69 bits per heavy atom. The number of nitrogens with zero attached hydrogens (tertiary/aromatic N) is 2. The molecule has 7 nitrogen and oxygen atoms in total. The molecular formula is C27H25FN2O5. The lowest BCUT2D eigenvalue weighted by Crippen LogP contribution is -2.29. The van der Waals surface area contributed by atoms with Crippen molar-refractivity contribution in [3.8, 4) is 11.5 Å². The Bertz CT molecular complexity index is 1260. The van der Waals surface area contributed by atoms with Crippen molar-refractivity contribution in [3.05, 3.63) is 95.1 Å². The second kappa shape index (κ2) is 10.4. The maximum Gasteiger partial charge on any atom is 0.295 e. The molecule has 1 N–H and O–H groups in total. The van der Waals surface area contributed by atoms with Crippen molar-refractivity contribution in [2.24, 2.45) is 0 Å². The van der Waals surface area contributed by atoms with Gasteiger partial charge in [0.25, 0.3) is 11.7 Å². The molecule has 2 heterocycles. The number of hydrogen-bond donors (Lipinski definition) is 1. The lowest BCUT2D eigenvalue weighted by molar-refractivity contribution is -0.140. The number of likely N-dealkylation sites (tertiary alicyclic amines) is 1. The molecule has 8 heteroatoms. The van der Waals surface area contributed by atoms with Crippen LogP contribution in [0.1, 0.15) is 36.6 Å². The van der Waals surface area contributed by atoms with Crippen LogP contribution in [0, 0.1) is 5.82 Å². The molecule has 4 rings (SSSR count). The third-order valence-corrected chi connectivity index (χ3v) is 5.65. The first-order chi connectivity index (χ1) is 16.9. The molecule has 1 aromatic heterocycles. The van der Waals surface area contributed by atoms with E-state index in [0.717, 1.165) is 5.56 Å². The molecule has 0 radical (unpaired) electrons. The van der Waals surface area contributed by atoms with Crippen molar-refractivity contribution < 1.29 is 28.6 Å². The minimum atomic E-state index is -0.926. The van der Waals surface area contributed by atoms with Crippen LogP contribution in [0.15, 0.2) is 72.6 Å². The van der Waals surface area contributed by atoms with Crippen molar-refractivity contribution in [1.82, 2.24) is 9.88 Å². The number of ether oxygens (including phenoxy) is 2. The molecule has 0 aliphatic carbocycles. The Kier molecular flexibility index (Phi) is 7.10. The molecule has 1 saturated heterocycles. The van der Waals surface area contributed by atoms with Crippen LogP contribution in [0.2, 0.25) is 0 Å². The standard InChI is InChI=1S/C27H25FN2O5/c1-3-34-20-9-10-21(22(15-20)35-4-2)25(31)23-24(18-5-7-19(28)8-6-18)30(27(33)26(23)32)16-17-11-13-29-14-12-17/h5-15,24,31H,3-4,16H2,1-2H3/b25-23-. The van der Waals surface area contributed by atoms with Crippen LogP contribution < -0.4 is 9.47 Å². The fourth-order valence-electron chi connectivity index (χ4n) is 4.09. The summed E-state index contributed by atoms with van der Waals surface area (Å²) in [5, 5.41) is 11.4. The SMILES string of the molecule is CCOc1ccc(/C(O)=C2/C(=O)C(=O)N(Cc3ccncc3)C2c2ccc(F)cc2)c(OCC)c1. The number of benzene rings is 2. The highest BCUT2D eigenvalue weighted by atomic mass is 19.1. The lowest BCUT2D eigenvalue weighted by atomic mass is 9.94. The number of pyridine rings is 1. The Morgan fingerprint density at radius 1 is 1.00 bits per heavy atom. The Hall–Kier alpha value is -4.20. The van der Waals surface area contributed by atoms with Crippen molar-refractivity contribution in [1.29, 1.82) is 0 Å². The summed E-state index contributed by atoms with van der Waals surface area (Å²) in [6, 6.07) is 12.9. The number of ketones is 1. The van der Waals surface area contributed by atoms with E-state index < -0.39 is 23.5 Å². The first-order valence-corrected chi connectivity index (χ1v) is 11.3. The Labute approximate surface area is 202 Å². The Balaban J connectivity index is 1.87. The molecule has 3 aromatic rings. The van der Waals surface area contributed by atoms with Crippen molar-refractivity contribution in [2.75, 3.05) is 13.2 Å². The zero-order chi connectivity index (χ0) is 24.9. The van der Waals surface area contributed by atoms with E-state index in [9.17, 15) is 19.1 Å². The molecule has 1 fully saturated rings. The van der Waals surface area contributed by atoms with Gasteiger partial charge in [-0.1, -0.05) is 12.1 Å². The van der Waals surface area contributed by atoms with E-state index in [1.165, 1.54) is 29.2 Å². The molecule has 1 amide bonds. The van der Waals surface area contributed by atoms with Crippen molar-refractivity contribution in [3.63, 3.8) is 0 Å². The maximum atomic E-state index is 13.7. The number of rotatable bonds is 8. The van der Waals surface area contributed by atoms with E-state index in [0.29, 0.717) is 30.3 Å². The molecule has 180 valence electrons. The molecule has 0 bridgehead atoms. The van der Waals surface area contributed by atoms with Crippen LogP contribution in [0.4, 0.5) is 4.39 Å². The average molecular weight is 477 g/mol. The molecule has 0 saturated carbocycles. The average Bonchev–Trinajstić information content (AvgIpc) is 3.10. The topological polar surface area (TPSA) is 89.0 Å². The molecule has 1 aliphatic heterocycles. The van der Waals surface area contributed by atoms with Crippen LogP contribution in [0.25, 0.3) is 5.76 Å². The zero-order valence-corrected chi connectivity index (χ0v) is 19.4. The smallest absolute Gasteiger partial charge is 0.295 e. The van der Waals surface area contributed by atoms with Crippen LogP contribution in [-0.2, 0) is 16.1 Å². The number of halogens is 1. The number of carbonyl (C=O) groups excluding carboxylic acids is 2. The third-order valence-electron chi connectivity index (χ3n) is 5.65. The van der Waals surface area contributed by atoms with Gasteiger partial charge in [0, 0.05) is 25.0 Å². The summed E-state index contributed by atoms with van der Waals surface area (Å²) in [5.74, 6) is -1.56. The highest BCUT2D eigenvalue weighted by molar-refractivity contribution is 6.46. The minimum Gasteiger partial charge on any atom is -0.507 e. The first-order valence-electron chi connectivity index (χ1n) is 11.3. The van der Waals surface area contributed by atoms with Gasteiger partial charge in [-0.3, -0.25) is 14.6 Å². The summed E-state index contributed by atoms with van der Waals surface area (Å²) in [6.45, 7) is 4.51. The molecule has 35 heavy (non-hydrogen) atoms. The first kappa shape index (κ1) is 23.9. The highest BCUT2D eigenvalue weighted by Crippen LogP contribution is 2.42. The van der Waals surface area contributed by atoms with E-state index >= 15 is 0 Å². The summed E-state index contributed by atoms with van der Waals surface area (Å²) in [5.41, 5.74) is 1.40. The fourth-order valence-corrected chi connectivity index (χ4v) is 4.09. The number of aromatic nitrogens is 1. The third kappa shape index (κ3) is 4.87. The largest absolute Gasteiger partial charge is 0.507 e. The molecular weight excluding hydrogens is 451 g/mol. The van der Waals surface area contributed by atoms with E-state index in [2.05, 4.69) is 4.98 Å². The second-order valence-electron chi connectivity index (χ2n) is 7.86. The number of Topliss-reactive ketones (excluding diaryl/α,β-unsaturated/α-hetero) is 1. The monoisotopic (exact) mass is 476 g/mol. The normalized spacial score (nSPS) is 17.0. The van der Waals surface area contributed by atoms with E-state index in [1.54, 1.807) is 49.6 Å². The van der Waals surface area contributed by atoms with Crippen LogP contribution in [0.3, 0.4) is 0 Å². The molecule has 1 unspecified atom stereocenters. The molecule has 1 aliphatic rings. The summed E-state index contributed by atoms with van der Waals surface area (Å²) in [6.07, 6.45) is 3.18. The molecule has 2 aromatic carbocycles. The van der Waals surface area contributed by atoms with Gasteiger partial charge in [0.15, 0.2) is 0 Å². The lowest BCUT2D eigenvalue weighted by Gasteiger charge is -2.25. The predicted octanol–water partition coefficient (Wildman–Crippen LogP) is 4.64. The van der Waals surface area contributed by atoms with Gasteiger partial charge < -0.3 is 19.5 Å². The van der Waals surface area contributed by atoms with Gasteiger partial charge in [0.2, 0.25) is 0 Å². The van der Waals surface area contributed by atoms with Gasteiger partial charge in [-0.2, -0.15) is 0 Å². The van der Waals surface area contributed by atoms with E-state index in [1.807, 2.05) is 6.92 Å². The quantitative estimate of drug-likeness (QED) is 0.290. The van der Waals surface area contributed by atoms with Gasteiger partial charge in [-0.25, -0.2) is 4.39 Å². The summed E-state index contributed by atoms with van der Waals surface area (Å²) in [4.78, 5) is 31.7. The van der Waals surface area contributed by atoms with Gasteiger partial charge >= 0.3 is 0 Å². The van der Waals surface area contributed by atoms with Gasteiger partial charge in [0.1, 0.15) is 23.1 Å². The molecule has 0 spiro atoms. The Morgan fingerprint density at radius 3 is 2.34 bits per heavy atom. The number of amides is 1. The summed E-state index contributed by atoms with van der Waals surface area (Å²) >= 11 is 0. The number of aliphatic hydroxyl groups excluding tert-OH is 1. The number of aliphatic hydroxyl groups is 1. The van der Waals surface area contributed by atoms with Crippen molar-refractivity contribution in [2.45, 2.75) is 26.4 Å². The number of hydrogen-bond acceptors (Lipinski definition) is 6. The van der Waals surface area contributed by atoms with Crippen LogP contribution in [0.5, 0.6) is 11.5 Å². The van der Waals surface area contributed by atoms with Crippen LogP contribution >= 0.6 is 0 Å². The van der Waals surface area contributed by atoms with E-state index in [-0.39, 0.29) is 23.4 Å². The van der Waals surface area contributed by atoms with Crippen LogP contribution in [-0.4, -0.2) is 39.9 Å². The highest BCUT2D eigenvalue weighted by Gasteiger charge is 2.46. The van der Waals surface area contributed by atoms with E-state index in [4.69, 9.17) is 9.47 Å². The molecule has 1 atom stereocenters. The van der Waals surface area contributed by atoms with Gasteiger partial charge in [0.05, 0.1) is 30.4 Å². The zero-order valence-electron chi connectivity index (χ0n) is 19.4. The predicted molar refractivity (Wildman–Crippen MR) is 127 cm³/mol. The second-order valence-corrected chi connectivity index (χ2v) is 7.86. The van der Waals surface area contributed by atoms with Crippen molar-refractivity contribution >= 4 is 17.4 Å². The summed E-state index contributed by atoms with van der Waals surface area (Å²) in [7, 11) is 0. The summed E-state index contributed by atoms with van der Waals surface area (Å²) < 4.78 is 24.9. The van der Waals surface area contributed by atoms with Gasteiger partial charge in [-0.05, 0) is 61.4 Å². The minimum absolute atomic E-state index is 0.0965. The fraction of sp³-hybridized carbons (Fsp3) is 0.222. The van der Waals surface area contributed by atoms with Gasteiger partial charge in [-0.15, -0.1) is 0 Å². The number of carbonyl (C=O) groups is 2. The maximum absolute atomic E-state index is 13.7.